The minimum Gasteiger partial charge on any atom is -0.489 e. The van der Waals surface area contributed by atoms with Gasteiger partial charge in [0.1, 0.15) is 30.5 Å². The first-order chi connectivity index (χ1) is 14.4. The molecular weight excluding hydrogens is 362 g/mol. The van der Waals surface area contributed by atoms with E-state index in [1.165, 1.54) is 12.8 Å². The van der Waals surface area contributed by atoms with Crippen LogP contribution in [-0.2, 0) is 6.61 Å². The van der Waals surface area contributed by atoms with Gasteiger partial charge >= 0.3 is 0 Å². The molecule has 0 amide bonds. The number of fused-ring (bicyclic) bond motifs is 1. The molecule has 1 fully saturated rings. The van der Waals surface area contributed by atoms with E-state index in [1.54, 1.807) is 17.2 Å². The first-order valence-corrected chi connectivity index (χ1v) is 10.1. The molecule has 0 aliphatic heterocycles. The van der Waals surface area contributed by atoms with Gasteiger partial charge in [-0.15, -0.1) is 0 Å². The highest BCUT2D eigenvalue weighted by Crippen LogP contribution is 2.37. The topological polar surface area (TPSA) is 55.5 Å². The molecule has 29 heavy (non-hydrogen) atoms. The molecule has 2 heterocycles. The number of hydrogen-bond donors (Lipinski definition) is 0. The molecule has 0 saturated heterocycles. The van der Waals surface area contributed by atoms with Gasteiger partial charge in [0.15, 0.2) is 5.82 Å². The molecule has 0 bridgehead atoms. The van der Waals surface area contributed by atoms with Crippen LogP contribution in [-0.4, -0.2) is 25.6 Å². The third kappa shape index (κ3) is 3.66. The highest BCUT2D eigenvalue weighted by atomic mass is 16.5. The van der Waals surface area contributed by atoms with Crippen LogP contribution in [0, 0.1) is 0 Å². The summed E-state index contributed by atoms with van der Waals surface area (Å²) < 4.78 is 7.85. The van der Waals surface area contributed by atoms with Crippen LogP contribution in [0.4, 0.5) is 11.5 Å². The number of benzene rings is 2. The smallest absolute Gasteiger partial charge is 0.162 e. The summed E-state index contributed by atoms with van der Waals surface area (Å²) in [6.45, 7) is 0.550. The van der Waals surface area contributed by atoms with Crippen LogP contribution < -0.4 is 9.64 Å². The Kier molecular flexibility index (Phi) is 4.82. The third-order valence-corrected chi connectivity index (χ3v) is 5.47. The lowest BCUT2D eigenvalue weighted by Crippen LogP contribution is -2.29. The van der Waals surface area contributed by atoms with E-state index < -0.39 is 0 Å². The van der Waals surface area contributed by atoms with E-state index in [-0.39, 0.29) is 0 Å². The second kappa shape index (κ2) is 7.91. The molecule has 0 spiro atoms. The van der Waals surface area contributed by atoms with Gasteiger partial charge in [-0.1, -0.05) is 49.2 Å². The van der Waals surface area contributed by atoms with Crippen LogP contribution in [0.25, 0.3) is 5.52 Å². The lowest BCUT2D eigenvalue weighted by atomic mass is 10.1. The lowest BCUT2D eigenvalue weighted by molar-refractivity contribution is 0.306. The van der Waals surface area contributed by atoms with Gasteiger partial charge in [-0.2, -0.15) is 5.10 Å². The Morgan fingerprint density at radius 2 is 1.90 bits per heavy atom. The standard InChI is InChI=1S/C23H23N5O/c1-2-7-18(8-3-1)15-29-21-12-6-11-20(13-21)28(19-9-4-5-10-19)23-22-14-24-17-27(22)26-16-25-23/h1-3,6-8,11-14,16-17,19H,4-5,9-10,15H2. The van der Waals surface area contributed by atoms with Crippen molar-refractivity contribution in [1.29, 1.82) is 0 Å². The molecule has 5 rings (SSSR count). The molecule has 0 atom stereocenters. The van der Waals surface area contributed by atoms with Crippen molar-refractivity contribution in [1.82, 2.24) is 19.6 Å². The number of aromatic nitrogens is 4. The monoisotopic (exact) mass is 385 g/mol. The van der Waals surface area contributed by atoms with Gasteiger partial charge in [-0.25, -0.2) is 14.5 Å². The zero-order chi connectivity index (χ0) is 19.5. The Morgan fingerprint density at radius 3 is 2.76 bits per heavy atom. The summed E-state index contributed by atoms with van der Waals surface area (Å²) in [5, 5.41) is 4.28. The molecule has 0 N–H and O–H groups in total. The van der Waals surface area contributed by atoms with E-state index in [2.05, 4.69) is 44.2 Å². The van der Waals surface area contributed by atoms with Crippen LogP contribution in [0.5, 0.6) is 5.75 Å². The van der Waals surface area contributed by atoms with Gasteiger partial charge in [-0.3, -0.25) is 0 Å². The van der Waals surface area contributed by atoms with E-state index in [1.807, 2.05) is 36.5 Å². The van der Waals surface area contributed by atoms with Gasteiger partial charge in [0, 0.05) is 17.8 Å². The fourth-order valence-electron chi connectivity index (χ4n) is 4.06. The van der Waals surface area contributed by atoms with Crippen molar-refractivity contribution in [2.45, 2.75) is 38.3 Å². The zero-order valence-electron chi connectivity index (χ0n) is 16.2. The number of anilines is 2. The van der Waals surface area contributed by atoms with Crippen LogP contribution in [0.1, 0.15) is 31.2 Å². The van der Waals surface area contributed by atoms with E-state index >= 15 is 0 Å². The normalized spacial score (nSPS) is 14.3. The highest BCUT2D eigenvalue weighted by molar-refractivity contribution is 5.75. The molecule has 0 radical (unpaired) electrons. The van der Waals surface area contributed by atoms with E-state index in [9.17, 15) is 0 Å². The van der Waals surface area contributed by atoms with E-state index in [0.29, 0.717) is 12.6 Å². The maximum absolute atomic E-state index is 6.08. The molecule has 6 heteroatoms. The van der Waals surface area contributed by atoms with Crippen LogP contribution >= 0.6 is 0 Å². The predicted octanol–water partition coefficient (Wildman–Crippen LogP) is 4.78. The summed E-state index contributed by atoms with van der Waals surface area (Å²) in [7, 11) is 0. The summed E-state index contributed by atoms with van der Waals surface area (Å²) in [6.07, 6.45) is 9.93. The predicted molar refractivity (Wildman–Crippen MR) is 112 cm³/mol. The quantitative estimate of drug-likeness (QED) is 0.478. The fraction of sp³-hybridized carbons (Fsp3) is 0.261. The molecule has 1 aliphatic carbocycles. The summed E-state index contributed by atoms with van der Waals surface area (Å²) in [5.74, 6) is 1.75. The molecule has 2 aromatic carbocycles. The zero-order valence-corrected chi connectivity index (χ0v) is 16.2. The molecule has 1 saturated carbocycles. The van der Waals surface area contributed by atoms with Gasteiger partial charge in [-0.05, 0) is 30.5 Å². The SMILES string of the molecule is c1ccc(COc2cccc(N(c3ncnn4cncc34)C3CCCC3)c2)cc1. The summed E-state index contributed by atoms with van der Waals surface area (Å²) in [6, 6.07) is 18.9. The van der Waals surface area contributed by atoms with Crippen molar-refractivity contribution in [2.24, 2.45) is 0 Å². The minimum atomic E-state index is 0.410. The number of hydrogen-bond acceptors (Lipinski definition) is 5. The fourth-order valence-corrected chi connectivity index (χ4v) is 4.06. The highest BCUT2D eigenvalue weighted by Gasteiger charge is 2.27. The minimum absolute atomic E-state index is 0.410. The molecule has 0 unspecified atom stereocenters. The summed E-state index contributed by atoms with van der Waals surface area (Å²) >= 11 is 0. The number of rotatable bonds is 6. The molecule has 2 aromatic heterocycles. The van der Waals surface area contributed by atoms with Gasteiger partial charge < -0.3 is 9.64 Å². The van der Waals surface area contributed by atoms with Crippen molar-refractivity contribution >= 4 is 17.0 Å². The van der Waals surface area contributed by atoms with E-state index in [0.717, 1.165) is 41.2 Å². The van der Waals surface area contributed by atoms with Crippen molar-refractivity contribution in [3.05, 3.63) is 79.0 Å². The number of imidazole rings is 1. The van der Waals surface area contributed by atoms with Crippen molar-refractivity contribution in [3.8, 4) is 5.75 Å². The first kappa shape index (κ1) is 17.7. The molecule has 4 aromatic rings. The number of nitrogens with zero attached hydrogens (tertiary/aromatic N) is 5. The Balaban J connectivity index is 1.49. The number of ether oxygens (including phenoxy) is 1. The lowest BCUT2D eigenvalue weighted by Gasteiger charge is -2.30. The van der Waals surface area contributed by atoms with Crippen LogP contribution in [0.15, 0.2) is 73.4 Å². The Labute approximate surface area is 169 Å². The van der Waals surface area contributed by atoms with Gasteiger partial charge in [0.05, 0.1) is 6.20 Å². The second-order valence-corrected chi connectivity index (χ2v) is 7.39. The van der Waals surface area contributed by atoms with Crippen molar-refractivity contribution < 1.29 is 4.74 Å². The molecule has 1 aliphatic rings. The Morgan fingerprint density at radius 1 is 1.03 bits per heavy atom. The molecular formula is C23H23N5O. The summed E-state index contributed by atoms with van der Waals surface area (Å²) in [5.41, 5.74) is 3.15. The largest absolute Gasteiger partial charge is 0.489 e. The van der Waals surface area contributed by atoms with Crippen molar-refractivity contribution in [2.75, 3.05) is 4.90 Å². The molecule has 6 nitrogen and oxygen atoms in total. The third-order valence-electron chi connectivity index (χ3n) is 5.47. The van der Waals surface area contributed by atoms with Crippen LogP contribution in [0.2, 0.25) is 0 Å². The average Bonchev–Trinajstić information content (AvgIpc) is 3.46. The van der Waals surface area contributed by atoms with Crippen molar-refractivity contribution in [3.63, 3.8) is 0 Å². The van der Waals surface area contributed by atoms with Gasteiger partial charge in [0.2, 0.25) is 0 Å². The molecule has 146 valence electrons. The average molecular weight is 385 g/mol. The van der Waals surface area contributed by atoms with Crippen LogP contribution in [0.3, 0.4) is 0 Å². The Bertz CT molecular complexity index is 1090. The van der Waals surface area contributed by atoms with Gasteiger partial charge in [0.25, 0.3) is 0 Å². The second-order valence-electron chi connectivity index (χ2n) is 7.39. The van der Waals surface area contributed by atoms with E-state index in [4.69, 9.17) is 4.74 Å². The Hall–Kier alpha value is -3.41. The maximum Gasteiger partial charge on any atom is 0.162 e. The maximum atomic E-state index is 6.08. The first-order valence-electron chi connectivity index (χ1n) is 10.1. The summed E-state index contributed by atoms with van der Waals surface area (Å²) in [4.78, 5) is 11.2.